The lowest BCUT2D eigenvalue weighted by Crippen LogP contribution is -2.19. The van der Waals surface area contributed by atoms with Crippen molar-refractivity contribution in [3.8, 4) is 0 Å². The van der Waals surface area contributed by atoms with Gasteiger partial charge >= 0.3 is 0 Å². The maximum atomic E-state index is 12.1. The Hall–Kier alpha value is -1.35. The monoisotopic (exact) mass is 727 g/mol. The van der Waals surface area contributed by atoms with Gasteiger partial charge in [-0.15, -0.1) is 0 Å². The van der Waals surface area contributed by atoms with Gasteiger partial charge in [-0.3, -0.25) is 4.18 Å². The van der Waals surface area contributed by atoms with E-state index in [1.807, 2.05) is 21.0 Å². The lowest BCUT2D eigenvalue weighted by Gasteiger charge is -2.10. The zero-order chi connectivity index (χ0) is 35.5. The second kappa shape index (κ2) is 33.8. The minimum atomic E-state index is -3.77. The number of hydrogen-bond donors (Lipinski definition) is 0. The molecule has 0 aliphatic heterocycles. The summed E-state index contributed by atoms with van der Waals surface area (Å²) in [6.45, 7) is 13.3. The van der Waals surface area contributed by atoms with Gasteiger partial charge in [0.05, 0.1) is 157 Å². The van der Waals surface area contributed by atoms with Crippen LogP contribution in [0.1, 0.15) is 5.56 Å². The third kappa shape index (κ3) is 31.1. The Labute approximate surface area is 293 Å². The first-order chi connectivity index (χ1) is 23.9. The first-order valence-electron chi connectivity index (χ1n) is 16.9. The Morgan fingerprint density at radius 1 is 0.408 bits per heavy atom. The molecule has 0 aliphatic carbocycles. The molecule has 1 rings (SSSR count). The van der Waals surface area contributed by atoms with Gasteiger partial charge in [-0.25, -0.2) is 0 Å². The molecular weight excluding hydrogens is 666 g/mol. The van der Waals surface area contributed by atoms with Gasteiger partial charge in [0.25, 0.3) is 10.1 Å². The van der Waals surface area contributed by atoms with Gasteiger partial charge in [-0.2, -0.15) is 8.42 Å². The van der Waals surface area contributed by atoms with Gasteiger partial charge in [-0.05, 0) is 33.2 Å². The summed E-state index contributed by atoms with van der Waals surface area (Å²) in [7, 11) is 0.256. The summed E-state index contributed by atoms with van der Waals surface area (Å²) in [6.07, 6.45) is 0. The third-order valence-electron chi connectivity index (χ3n) is 6.18. The molecular formula is C33H61NO14S. The van der Waals surface area contributed by atoms with E-state index < -0.39 is 10.1 Å². The predicted molar refractivity (Wildman–Crippen MR) is 182 cm³/mol. The van der Waals surface area contributed by atoms with Crippen LogP contribution in [-0.4, -0.2) is 186 Å². The zero-order valence-electron chi connectivity index (χ0n) is 29.9. The largest absolute Gasteiger partial charge is 0.378 e. The lowest BCUT2D eigenvalue weighted by atomic mass is 10.2. The minimum Gasteiger partial charge on any atom is -0.378 e. The van der Waals surface area contributed by atoms with Crippen molar-refractivity contribution in [2.75, 3.05) is 173 Å². The van der Waals surface area contributed by atoms with Crippen LogP contribution in [0.4, 0.5) is 0 Å². The smallest absolute Gasteiger partial charge is 0.297 e. The van der Waals surface area contributed by atoms with Gasteiger partial charge in [0, 0.05) is 6.54 Å². The van der Waals surface area contributed by atoms with Gasteiger partial charge < -0.3 is 57.0 Å². The second-order valence-electron chi connectivity index (χ2n) is 10.6. The first kappa shape index (κ1) is 45.7. The summed E-state index contributed by atoms with van der Waals surface area (Å²) in [5.41, 5.74) is 0.975. The first-order valence-corrected chi connectivity index (χ1v) is 18.3. The van der Waals surface area contributed by atoms with Crippen molar-refractivity contribution in [2.45, 2.75) is 11.8 Å². The average molecular weight is 728 g/mol. The molecule has 0 saturated carbocycles. The van der Waals surface area contributed by atoms with Gasteiger partial charge in [0.15, 0.2) is 0 Å². The predicted octanol–water partition coefficient (Wildman–Crippen LogP) is 1.44. The van der Waals surface area contributed by atoms with Crippen LogP contribution in [-0.2, 0) is 66.4 Å². The van der Waals surface area contributed by atoms with E-state index in [0.29, 0.717) is 139 Å². The molecule has 0 heterocycles. The van der Waals surface area contributed by atoms with E-state index in [-0.39, 0.29) is 18.1 Å². The van der Waals surface area contributed by atoms with Crippen molar-refractivity contribution in [1.82, 2.24) is 4.90 Å². The van der Waals surface area contributed by atoms with Crippen LogP contribution < -0.4 is 0 Å². The summed E-state index contributed by atoms with van der Waals surface area (Å²) in [5, 5.41) is 0. The van der Waals surface area contributed by atoms with Crippen LogP contribution in [0.25, 0.3) is 0 Å². The molecule has 0 N–H and O–H groups in total. The molecule has 0 bridgehead atoms. The van der Waals surface area contributed by atoms with Crippen LogP contribution in [0.5, 0.6) is 0 Å². The van der Waals surface area contributed by atoms with Crippen molar-refractivity contribution in [1.29, 1.82) is 0 Å². The van der Waals surface area contributed by atoms with E-state index in [4.69, 9.17) is 56.3 Å². The normalized spacial score (nSPS) is 12.0. The number of aryl methyl sites for hydroxylation is 1. The fourth-order valence-electron chi connectivity index (χ4n) is 3.52. The zero-order valence-corrected chi connectivity index (χ0v) is 30.7. The summed E-state index contributed by atoms with van der Waals surface area (Å²) in [4.78, 5) is 2.21. The minimum absolute atomic E-state index is 0.0594. The Morgan fingerprint density at radius 3 is 0.918 bits per heavy atom. The van der Waals surface area contributed by atoms with Crippen LogP contribution in [0.15, 0.2) is 29.2 Å². The maximum Gasteiger partial charge on any atom is 0.297 e. The topological polar surface area (TPSA) is 148 Å². The molecule has 15 nitrogen and oxygen atoms in total. The van der Waals surface area contributed by atoms with E-state index >= 15 is 0 Å². The molecule has 0 saturated heterocycles. The van der Waals surface area contributed by atoms with Crippen molar-refractivity contribution >= 4 is 10.1 Å². The molecule has 0 aliphatic rings. The van der Waals surface area contributed by atoms with E-state index in [0.717, 1.165) is 12.1 Å². The maximum absolute atomic E-state index is 12.1. The quantitative estimate of drug-likeness (QED) is 0.0714. The van der Waals surface area contributed by atoms with Crippen molar-refractivity contribution in [2.24, 2.45) is 0 Å². The van der Waals surface area contributed by atoms with E-state index in [9.17, 15) is 8.42 Å². The molecule has 1 aromatic rings. The number of ether oxygens (including phenoxy) is 11. The molecule has 16 heteroatoms. The molecule has 0 amide bonds. The van der Waals surface area contributed by atoms with Crippen LogP contribution in [0.3, 0.4) is 0 Å². The number of rotatable bonds is 38. The fraction of sp³-hybridized carbons (Fsp3) is 0.818. The summed E-state index contributed by atoms with van der Waals surface area (Å²) in [6, 6.07) is 6.48. The average Bonchev–Trinajstić information content (AvgIpc) is 3.08. The molecule has 0 atom stereocenters. The number of likely N-dealkylation sites (N-methyl/N-ethyl adjacent to an activating group) is 1. The van der Waals surface area contributed by atoms with Gasteiger partial charge in [-0.1, -0.05) is 17.7 Å². The van der Waals surface area contributed by atoms with Crippen LogP contribution in [0, 0.1) is 6.92 Å². The Bertz CT molecular complexity index is 940. The number of hydrogen-bond acceptors (Lipinski definition) is 15. The third-order valence-corrected chi connectivity index (χ3v) is 7.51. The number of benzene rings is 1. The summed E-state index contributed by atoms with van der Waals surface area (Å²) >= 11 is 0. The Kier molecular flexibility index (Phi) is 31.5. The molecule has 49 heavy (non-hydrogen) atoms. The summed E-state index contributed by atoms with van der Waals surface area (Å²) in [5.74, 6) is 0. The SMILES string of the molecule is Cc1ccc(S(=O)(=O)OCCOCCOCCOCCOCCOCCOCCOCCOCCOCCOCCOCCN(C)C)cc1. The van der Waals surface area contributed by atoms with E-state index in [1.54, 1.807) is 12.1 Å². The molecule has 1 aromatic carbocycles. The van der Waals surface area contributed by atoms with Crippen molar-refractivity contribution in [3.05, 3.63) is 29.8 Å². The van der Waals surface area contributed by atoms with Gasteiger partial charge in [0.2, 0.25) is 0 Å². The molecule has 0 spiro atoms. The molecule has 0 radical (unpaired) electrons. The van der Waals surface area contributed by atoms with Crippen molar-refractivity contribution < 1.29 is 64.7 Å². The Balaban J connectivity index is 1.67. The molecule has 288 valence electrons. The summed E-state index contributed by atoms with van der Waals surface area (Å²) < 4.78 is 89.1. The molecule has 0 unspecified atom stereocenters. The highest BCUT2D eigenvalue weighted by Crippen LogP contribution is 2.12. The highest BCUT2D eigenvalue weighted by atomic mass is 32.2. The molecule has 0 fully saturated rings. The van der Waals surface area contributed by atoms with Gasteiger partial charge in [0.1, 0.15) is 0 Å². The fourth-order valence-corrected chi connectivity index (χ4v) is 4.42. The number of nitrogens with zero attached hydrogens (tertiary/aromatic N) is 1. The van der Waals surface area contributed by atoms with Crippen molar-refractivity contribution in [3.63, 3.8) is 0 Å². The Morgan fingerprint density at radius 2 is 0.653 bits per heavy atom. The second-order valence-corrected chi connectivity index (χ2v) is 12.2. The standard InChI is InChI=1S/C33H61NO14S/c1-32-4-6-33(7-5-32)49(35,36)48-31-30-47-29-28-46-27-26-45-25-24-44-23-22-43-21-20-42-19-18-41-17-16-40-15-14-39-13-12-38-11-10-37-9-8-34(2)3/h4-7H,8-31H2,1-3H3. The molecule has 0 aromatic heterocycles. The van der Waals surface area contributed by atoms with Crippen LogP contribution in [0.2, 0.25) is 0 Å². The highest BCUT2D eigenvalue weighted by Gasteiger charge is 2.14. The van der Waals surface area contributed by atoms with E-state index in [2.05, 4.69) is 4.90 Å². The lowest BCUT2D eigenvalue weighted by molar-refractivity contribution is -0.0278. The highest BCUT2D eigenvalue weighted by molar-refractivity contribution is 7.86. The van der Waals surface area contributed by atoms with Crippen LogP contribution >= 0.6 is 0 Å². The van der Waals surface area contributed by atoms with E-state index in [1.165, 1.54) is 12.1 Å².